The standard InChI is InChI=1S/C9H19NOS3/c1-2-10-6-5-8-11-7-3-4-9-14(12)13/h10,12-14H,2-3,5-8H2,1H3. The van der Waals surface area contributed by atoms with Crippen LogP contribution in [0, 0.1) is 11.2 Å². The summed E-state index contributed by atoms with van der Waals surface area (Å²) in [7, 11) is -0.671. The molecule has 1 N–H and O–H groups in total. The van der Waals surface area contributed by atoms with Crippen LogP contribution >= 0.6 is 32.3 Å². The van der Waals surface area contributed by atoms with E-state index in [-0.39, 0.29) is 0 Å². The van der Waals surface area contributed by atoms with Gasteiger partial charge in [0.05, 0.1) is 6.61 Å². The Morgan fingerprint density at radius 3 is 2.79 bits per heavy atom. The molecule has 0 aromatic rings. The Morgan fingerprint density at radius 2 is 2.14 bits per heavy atom. The van der Waals surface area contributed by atoms with E-state index in [0.29, 0.717) is 6.61 Å². The number of rotatable bonds is 7. The highest BCUT2D eigenvalue weighted by atomic mass is 33.5. The highest BCUT2D eigenvalue weighted by molar-refractivity contribution is 9.11. The van der Waals surface area contributed by atoms with Gasteiger partial charge in [0.1, 0.15) is 0 Å². The molecule has 0 aromatic carbocycles. The summed E-state index contributed by atoms with van der Waals surface area (Å²) in [5.41, 5.74) is 0. The minimum Gasteiger partial charge on any atom is -0.380 e. The van der Waals surface area contributed by atoms with Gasteiger partial charge in [0.25, 0.3) is 0 Å². The molecule has 0 atom stereocenters. The molecule has 0 heterocycles. The van der Waals surface area contributed by atoms with Crippen LogP contribution in [0.1, 0.15) is 19.8 Å². The predicted octanol–water partition coefficient (Wildman–Crippen LogP) is 2.04. The smallest absolute Gasteiger partial charge is 0.0575 e. The molecule has 0 rings (SSSR count). The largest absolute Gasteiger partial charge is 0.380 e. The van der Waals surface area contributed by atoms with E-state index < -0.39 is 8.96 Å². The summed E-state index contributed by atoms with van der Waals surface area (Å²) in [4.78, 5) is 0. The first kappa shape index (κ1) is 14.5. The summed E-state index contributed by atoms with van der Waals surface area (Å²) in [5.74, 6) is 2.97. The number of hydrogen-bond acceptors (Lipinski definition) is 4. The lowest BCUT2D eigenvalue weighted by molar-refractivity contribution is 0.137. The van der Waals surface area contributed by atoms with Gasteiger partial charge in [0.15, 0.2) is 0 Å². The van der Waals surface area contributed by atoms with Gasteiger partial charge in [0, 0.05) is 13.0 Å². The molecule has 0 saturated heterocycles. The van der Waals surface area contributed by atoms with Crippen molar-refractivity contribution in [2.24, 2.45) is 0 Å². The second-order valence-corrected chi connectivity index (χ2v) is 6.80. The van der Waals surface area contributed by atoms with Crippen LogP contribution in [0.2, 0.25) is 0 Å². The average molecular weight is 253 g/mol. The lowest BCUT2D eigenvalue weighted by atomic mass is 10.4. The van der Waals surface area contributed by atoms with Gasteiger partial charge < -0.3 is 10.1 Å². The molecule has 84 valence electrons. The van der Waals surface area contributed by atoms with Gasteiger partial charge >= 0.3 is 0 Å². The second-order valence-electron chi connectivity index (χ2n) is 2.65. The molecular weight excluding hydrogens is 234 g/mol. The maximum atomic E-state index is 5.38. The molecule has 0 aliphatic carbocycles. The summed E-state index contributed by atoms with van der Waals surface area (Å²) in [5, 5.41) is 6.15. The first-order valence-corrected chi connectivity index (χ1v) is 8.37. The number of ether oxygens (including phenoxy) is 1. The summed E-state index contributed by atoms with van der Waals surface area (Å²) in [6.45, 7) is 5.68. The highest BCUT2D eigenvalue weighted by Gasteiger charge is 1.87. The van der Waals surface area contributed by atoms with Crippen molar-refractivity contribution in [3.05, 3.63) is 0 Å². The first-order chi connectivity index (χ1) is 6.77. The summed E-state index contributed by atoms with van der Waals surface area (Å²) in [6.07, 6.45) is 1.84. The zero-order valence-corrected chi connectivity index (χ0v) is 11.2. The van der Waals surface area contributed by atoms with E-state index in [1.165, 1.54) is 0 Å². The zero-order chi connectivity index (χ0) is 10.6. The minimum absolute atomic E-state index is 0.671. The fourth-order valence-electron chi connectivity index (χ4n) is 0.828. The first-order valence-electron chi connectivity index (χ1n) is 4.72. The van der Waals surface area contributed by atoms with E-state index >= 15 is 0 Å². The maximum absolute atomic E-state index is 5.38. The van der Waals surface area contributed by atoms with E-state index in [1.54, 1.807) is 0 Å². The average Bonchev–Trinajstić information content (AvgIpc) is 2.15. The molecular formula is C9H19NOS3. The van der Waals surface area contributed by atoms with Crippen LogP contribution < -0.4 is 5.32 Å². The number of nitrogens with one attached hydrogen (secondary N) is 1. The van der Waals surface area contributed by atoms with Crippen LogP contribution in [-0.2, 0) is 4.74 Å². The van der Waals surface area contributed by atoms with Gasteiger partial charge in [-0.1, -0.05) is 21.8 Å². The van der Waals surface area contributed by atoms with Gasteiger partial charge in [-0.15, -0.1) is 23.3 Å². The second kappa shape index (κ2) is 11.6. The van der Waals surface area contributed by atoms with Gasteiger partial charge in [-0.3, -0.25) is 0 Å². The molecule has 0 spiro atoms. The summed E-state index contributed by atoms with van der Waals surface area (Å²) >= 11 is 8.17. The van der Waals surface area contributed by atoms with Crippen molar-refractivity contribution >= 4 is 32.3 Å². The third-order valence-electron chi connectivity index (χ3n) is 1.44. The summed E-state index contributed by atoms with van der Waals surface area (Å²) in [6, 6.07) is 0. The fraction of sp³-hybridized carbons (Fsp3) is 0.778. The van der Waals surface area contributed by atoms with Crippen molar-refractivity contribution in [1.82, 2.24) is 5.32 Å². The molecule has 0 bridgehead atoms. The van der Waals surface area contributed by atoms with Crippen molar-refractivity contribution in [2.75, 3.05) is 26.3 Å². The van der Waals surface area contributed by atoms with Gasteiger partial charge in [-0.05, 0) is 24.8 Å². The Kier molecular flexibility index (Phi) is 12.0. The molecule has 0 fully saturated rings. The molecule has 0 unspecified atom stereocenters. The van der Waals surface area contributed by atoms with Crippen LogP contribution in [0.3, 0.4) is 0 Å². The van der Waals surface area contributed by atoms with E-state index in [0.717, 1.165) is 32.5 Å². The normalized spacial score (nSPS) is 10.6. The number of hydrogen-bond donors (Lipinski definition) is 4. The van der Waals surface area contributed by atoms with Gasteiger partial charge in [-0.2, -0.15) is 0 Å². The SMILES string of the molecule is CCNCCCOCCC#C[SH](S)S. The Hall–Kier alpha value is 0.530. The molecule has 0 radical (unpaired) electrons. The molecule has 2 nitrogen and oxygen atoms in total. The fourth-order valence-corrected chi connectivity index (χ4v) is 1.51. The maximum Gasteiger partial charge on any atom is 0.0575 e. The highest BCUT2D eigenvalue weighted by Crippen LogP contribution is 2.32. The van der Waals surface area contributed by atoms with Crippen molar-refractivity contribution in [3.63, 3.8) is 0 Å². The van der Waals surface area contributed by atoms with Crippen LogP contribution in [-0.4, -0.2) is 26.3 Å². The molecule has 14 heavy (non-hydrogen) atoms. The molecule has 5 heteroatoms. The van der Waals surface area contributed by atoms with Gasteiger partial charge in [0.2, 0.25) is 0 Å². The molecule has 0 saturated carbocycles. The van der Waals surface area contributed by atoms with Gasteiger partial charge in [-0.25, -0.2) is 0 Å². The van der Waals surface area contributed by atoms with Crippen molar-refractivity contribution in [1.29, 1.82) is 0 Å². The monoisotopic (exact) mass is 253 g/mol. The van der Waals surface area contributed by atoms with Crippen molar-refractivity contribution < 1.29 is 4.74 Å². The zero-order valence-electron chi connectivity index (χ0n) is 8.49. The molecule has 0 amide bonds. The topological polar surface area (TPSA) is 21.3 Å². The lowest BCUT2D eigenvalue weighted by Crippen LogP contribution is -2.15. The summed E-state index contributed by atoms with van der Waals surface area (Å²) < 4.78 is 5.38. The lowest BCUT2D eigenvalue weighted by Gasteiger charge is -2.02. The third kappa shape index (κ3) is 12.5. The quantitative estimate of drug-likeness (QED) is 0.241. The van der Waals surface area contributed by atoms with Crippen molar-refractivity contribution in [2.45, 2.75) is 19.8 Å². The van der Waals surface area contributed by atoms with Crippen LogP contribution in [0.15, 0.2) is 0 Å². The Bertz CT molecular complexity index is 177. The minimum atomic E-state index is -0.671. The Balaban J connectivity index is 3.04. The third-order valence-corrected chi connectivity index (χ3v) is 2.40. The van der Waals surface area contributed by atoms with E-state index in [1.807, 2.05) is 0 Å². The Morgan fingerprint density at radius 1 is 1.36 bits per heavy atom. The van der Waals surface area contributed by atoms with Crippen LogP contribution in [0.25, 0.3) is 0 Å². The predicted molar refractivity (Wildman–Crippen MR) is 73.3 cm³/mol. The molecule has 0 aliphatic heterocycles. The van der Waals surface area contributed by atoms with E-state index in [9.17, 15) is 0 Å². The Labute approximate surface area is 99.5 Å². The van der Waals surface area contributed by atoms with Crippen LogP contribution in [0.4, 0.5) is 0 Å². The van der Waals surface area contributed by atoms with Crippen LogP contribution in [0.5, 0.6) is 0 Å². The number of thiol groups is 3. The van der Waals surface area contributed by atoms with E-state index in [4.69, 9.17) is 4.74 Å². The molecule has 0 aliphatic rings. The van der Waals surface area contributed by atoms with Crippen molar-refractivity contribution in [3.8, 4) is 11.2 Å². The molecule has 0 aromatic heterocycles. The van der Waals surface area contributed by atoms with E-state index in [2.05, 4.69) is 46.7 Å².